The van der Waals surface area contributed by atoms with Crippen LogP contribution in [0.4, 0.5) is 19.1 Å². The number of hydrogen-bond donors (Lipinski definition) is 4. The van der Waals surface area contributed by atoms with Crippen LogP contribution >= 0.6 is 0 Å². The van der Waals surface area contributed by atoms with Crippen molar-refractivity contribution in [3.05, 3.63) is 71.7 Å². The molecule has 1 atom stereocenters. The van der Waals surface area contributed by atoms with E-state index < -0.39 is 18.5 Å². The van der Waals surface area contributed by atoms with Gasteiger partial charge in [0.25, 0.3) is 5.68 Å². The number of oxazole rings is 1. The summed E-state index contributed by atoms with van der Waals surface area (Å²) < 4.78 is 48.4. The number of ether oxygens (including phenoxy) is 1. The molecule has 0 amide bonds. The number of aromatic nitrogens is 3. The van der Waals surface area contributed by atoms with Crippen LogP contribution < -0.4 is 15.7 Å². The minimum absolute atomic E-state index is 0.00435. The Labute approximate surface area is 179 Å². The Bertz CT molecular complexity index is 1290. The lowest BCUT2D eigenvalue weighted by Crippen LogP contribution is -2.36. The van der Waals surface area contributed by atoms with Crippen LogP contribution in [0.15, 0.2) is 59.3 Å². The third-order valence-corrected chi connectivity index (χ3v) is 5.03. The topological polar surface area (TPSA) is 112 Å². The minimum Gasteiger partial charge on any atom is -0.432 e. The van der Waals surface area contributed by atoms with Gasteiger partial charge in [0, 0.05) is 6.20 Å². The maximum atomic E-state index is 12.6. The molecule has 0 aliphatic heterocycles. The number of anilines is 1. The number of alkyl halides is 3. The van der Waals surface area contributed by atoms with E-state index in [1.807, 2.05) is 18.2 Å². The lowest BCUT2D eigenvalue weighted by Gasteiger charge is -2.29. The Hall–Kier alpha value is -3.73. The normalized spacial score (nSPS) is 13.8. The molecule has 168 valence electrons. The van der Waals surface area contributed by atoms with Crippen LogP contribution in [0.1, 0.15) is 18.1 Å². The van der Waals surface area contributed by atoms with Gasteiger partial charge in [-0.3, -0.25) is 9.98 Å². The van der Waals surface area contributed by atoms with Gasteiger partial charge in [-0.15, -0.1) is 13.2 Å². The van der Waals surface area contributed by atoms with Gasteiger partial charge in [0.1, 0.15) is 12.0 Å². The number of hydrogen-bond acceptors (Lipinski definition) is 6. The molecule has 11 heteroatoms. The van der Waals surface area contributed by atoms with E-state index in [0.29, 0.717) is 23.6 Å². The fourth-order valence-electron chi connectivity index (χ4n) is 3.39. The van der Waals surface area contributed by atoms with Crippen LogP contribution in [-0.4, -0.2) is 32.6 Å². The monoisotopic (exact) mass is 447 g/mol. The summed E-state index contributed by atoms with van der Waals surface area (Å²) in [6.07, 6.45) is -1.75. The van der Waals surface area contributed by atoms with Crippen molar-refractivity contribution in [3.8, 4) is 5.75 Å². The van der Waals surface area contributed by atoms with Crippen LogP contribution in [0.25, 0.3) is 11.0 Å². The molecule has 8 nitrogen and oxygen atoms in total. The fraction of sp³-hybridized carbons (Fsp3) is 0.238. The molecule has 4 N–H and O–H groups in total. The average Bonchev–Trinajstić information content (AvgIpc) is 3.33. The molecule has 0 radical (unpaired) electrons. The number of benzene rings is 2. The van der Waals surface area contributed by atoms with Crippen LogP contribution in [0, 0.1) is 5.41 Å². The zero-order valence-electron chi connectivity index (χ0n) is 16.9. The first-order valence-corrected chi connectivity index (χ1v) is 9.58. The highest BCUT2D eigenvalue weighted by molar-refractivity contribution is 5.81. The second-order valence-electron chi connectivity index (χ2n) is 7.43. The summed E-state index contributed by atoms with van der Waals surface area (Å²) in [5, 5.41) is 20.9. The maximum absolute atomic E-state index is 12.6. The molecule has 1 unspecified atom stereocenters. The molecule has 0 bridgehead atoms. The van der Waals surface area contributed by atoms with Gasteiger partial charge in [-0.25, -0.2) is 4.98 Å². The Kier molecular flexibility index (Phi) is 5.43. The molecular weight excluding hydrogens is 427 g/mol. The predicted molar refractivity (Wildman–Crippen MR) is 109 cm³/mol. The van der Waals surface area contributed by atoms with Crippen molar-refractivity contribution in [2.45, 2.75) is 25.4 Å². The Morgan fingerprint density at radius 1 is 1.25 bits per heavy atom. The van der Waals surface area contributed by atoms with E-state index >= 15 is 0 Å². The highest BCUT2D eigenvalue weighted by atomic mass is 19.4. The first kappa shape index (κ1) is 21.5. The van der Waals surface area contributed by atoms with Crippen LogP contribution in [0.3, 0.4) is 0 Å². The fourth-order valence-corrected chi connectivity index (χ4v) is 3.39. The summed E-state index contributed by atoms with van der Waals surface area (Å²) in [6, 6.07) is 11.0. The average molecular weight is 447 g/mol. The van der Waals surface area contributed by atoms with Gasteiger partial charge in [-0.2, -0.15) is 0 Å². The molecule has 0 saturated carbocycles. The first-order valence-electron chi connectivity index (χ1n) is 9.58. The molecule has 32 heavy (non-hydrogen) atoms. The third-order valence-electron chi connectivity index (χ3n) is 5.03. The zero-order valence-corrected chi connectivity index (χ0v) is 16.9. The summed E-state index contributed by atoms with van der Waals surface area (Å²) in [5.41, 5.74) is 1.44. The van der Waals surface area contributed by atoms with Gasteiger partial charge >= 0.3 is 6.36 Å². The van der Waals surface area contributed by atoms with Crippen molar-refractivity contribution >= 4 is 17.0 Å². The van der Waals surface area contributed by atoms with Crippen molar-refractivity contribution in [1.29, 1.82) is 5.41 Å². The number of aliphatic hydroxyl groups is 1. The molecule has 0 aliphatic rings. The smallest absolute Gasteiger partial charge is 0.432 e. The second-order valence-corrected chi connectivity index (χ2v) is 7.43. The third kappa shape index (κ3) is 4.47. The van der Waals surface area contributed by atoms with E-state index in [9.17, 15) is 18.3 Å². The summed E-state index contributed by atoms with van der Waals surface area (Å²) >= 11 is 0. The molecule has 0 fully saturated rings. The molecular formula is C21H20F3N5O3. The zero-order chi connectivity index (χ0) is 22.9. The van der Waals surface area contributed by atoms with E-state index in [2.05, 4.69) is 20.0 Å². The molecule has 2 aromatic heterocycles. The number of halogens is 3. The van der Waals surface area contributed by atoms with Crippen LogP contribution in [-0.2, 0) is 12.1 Å². The van der Waals surface area contributed by atoms with Crippen molar-refractivity contribution in [3.63, 3.8) is 0 Å². The molecule has 2 heterocycles. The summed E-state index contributed by atoms with van der Waals surface area (Å²) in [5.74, 6) is -0.0545. The van der Waals surface area contributed by atoms with E-state index in [0.717, 1.165) is 11.1 Å². The summed E-state index contributed by atoms with van der Waals surface area (Å²) in [7, 11) is 0. The molecule has 0 spiro atoms. The number of aromatic amines is 1. The molecule has 0 saturated heterocycles. The molecule has 2 aromatic carbocycles. The number of imidazole rings is 1. The second kappa shape index (κ2) is 8.08. The van der Waals surface area contributed by atoms with E-state index in [1.165, 1.54) is 24.5 Å². The quantitative estimate of drug-likeness (QED) is 0.345. The van der Waals surface area contributed by atoms with Crippen molar-refractivity contribution in [1.82, 2.24) is 14.5 Å². The van der Waals surface area contributed by atoms with Gasteiger partial charge in [-0.1, -0.05) is 24.3 Å². The highest BCUT2D eigenvalue weighted by Crippen LogP contribution is 2.31. The maximum Gasteiger partial charge on any atom is 0.573 e. The van der Waals surface area contributed by atoms with E-state index in [1.54, 1.807) is 23.8 Å². The van der Waals surface area contributed by atoms with Gasteiger partial charge < -0.3 is 24.6 Å². The van der Waals surface area contributed by atoms with Gasteiger partial charge in [-0.05, 0) is 36.2 Å². The lowest BCUT2D eigenvalue weighted by molar-refractivity contribution is -0.274. The Balaban J connectivity index is 1.64. The highest BCUT2D eigenvalue weighted by Gasteiger charge is 2.33. The van der Waals surface area contributed by atoms with Crippen LogP contribution in [0.2, 0.25) is 0 Å². The van der Waals surface area contributed by atoms with Crippen molar-refractivity contribution in [2.24, 2.45) is 0 Å². The Morgan fingerprint density at radius 3 is 2.72 bits per heavy atom. The molecule has 4 aromatic rings. The van der Waals surface area contributed by atoms with Crippen LogP contribution in [0.5, 0.6) is 5.75 Å². The van der Waals surface area contributed by atoms with Crippen molar-refractivity contribution < 1.29 is 27.4 Å². The number of para-hydroxylation sites is 1. The van der Waals surface area contributed by atoms with Gasteiger partial charge in [0.15, 0.2) is 0 Å². The number of nitrogens with zero attached hydrogens (tertiary/aromatic N) is 2. The number of H-pyrrole nitrogens is 1. The predicted octanol–water partition coefficient (Wildman–Crippen LogP) is 3.70. The first-order chi connectivity index (χ1) is 15.2. The summed E-state index contributed by atoms with van der Waals surface area (Å²) in [4.78, 5) is 7.69. The largest absolute Gasteiger partial charge is 0.573 e. The lowest BCUT2D eigenvalue weighted by atomic mass is 9.93. The Morgan fingerprint density at radius 2 is 2.03 bits per heavy atom. The number of nitrogens with one attached hydrogen (secondary N) is 3. The van der Waals surface area contributed by atoms with Gasteiger partial charge in [0.05, 0.1) is 29.7 Å². The summed E-state index contributed by atoms with van der Waals surface area (Å²) in [6.45, 7) is 1.59. The van der Waals surface area contributed by atoms with Crippen molar-refractivity contribution in [2.75, 3.05) is 11.9 Å². The van der Waals surface area contributed by atoms with Gasteiger partial charge in [0.2, 0.25) is 5.95 Å². The minimum atomic E-state index is -4.82. The molecule has 0 aliphatic carbocycles. The van der Waals surface area contributed by atoms with E-state index in [-0.39, 0.29) is 11.4 Å². The standard InChI is InChI=1S/C21H20F3N5O3/c1-20(12-30,14-5-3-6-15(10-14)32-21(22,23)24)28-19-26-16-7-2-4-13(17(16)27-19)11-29-8-9-31-18(29)25/h2-10,25,30H,11-12H2,1H3,(H2,26,27,28). The molecule has 4 rings (SSSR count). The number of fused-ring (bicyclic) bond motifs is 1. The van der Waals surface area contributed by atoms with E-state index in [4.69, 9.17) is 9.83 Å². The number of aliphatic hydroxyl groups excluding tert-OH is 1. The number of rotatable bonds is 7. The SMILES string of the molecule is CC(CO)(Nc1nc2c(Cn3ccoc3=N)cccc2[nH]1)c1cccc(OC(F)(F)F)c1.